The summed E-state index contributed by atoms with van der Waals surface area (Å²) >= 11 is 0. The van der Waals surface area contributed by atoms with Gasteiger partial charge in [-0.05, 0) is 12.1 Å². The topological polar surface area (TPSA) is 39.8 Å². The quantitative estimate of drug-likeness (QED) is 0.763. The van der Waals surface area contributed by atoms with Crippen LogP contribution in [0.3, 0.4) is 0 Å². The Balaban J connectivity index is 2.73. The Morgan fingerprint density at radius 3 is 2.29 bits per heavy atom. The molecule has 1 aromatic carbocycles. The van der Waals surface area contributed by atoms with Crippen LogP contribution in [0.1, 0.15) is 5.82 Å². The molecular formula is C10H8F3N3O. The van der Waals surface area contributed by atoms with Gasteiger partial charge in [0.15, 0.2) is 0 Å². The molecule has 0 unspecified atom stereocenters. The fraction of sp³-hybridized carbons (Fsp3) is 0.200. The Morgan fingerprint density at radius 1 is 1.18 bits per heavy atom. The summed E-state index contributed by atoms with van der Waals surface area (Å²) in [5, 5.41) is 3.20. The fourth-order valence-corrected chi connectivity index (χ4v) is 1.46. The summed E-state index contributed by atoms with van der Waals surface area (Å²) in [7, 11) is 1.18. The van der Waals surface area contributed by atoms with Gasteiger partial charge in [-0.15, -0.1) is 5.10 Å². The number of aryl methyl sites for hydroxylation is 1. The van der Waals surface area contributed by atoms with E-state index in [0.717, 1.165) is 0 Å². The Bertz CT molecular complexity index is 583. The smallest absolute Gasteiger partial charge is 0.246 e. The molecule has 0 aliphatic carbocycles. The van der Waals surface area contributed by atoms with E-state index in [0.29, 0.717) is 9.25 Å². The van der Waals surface area contributed by atoms with Crippen LogP contribution < -0.4 is 5.69 Å². The molecule has 2 rings (SSSR count). The van der Waals surface area contributed by atoms with Crippen LogP contribution in [0.5, 0.6) is 0 Å². The molecule has 0 radical (unpaired) electrons. The van der Waals surface area contributed by atoms with Crippen LogP contribution in [-0.4, -0.2) is 14.3 Å². The number of para-hydroxylation sites is 1. The molecule has 0 aliphatic rings. The van der Waals surface area contributed by atoms with Crippen LogP contribution >= 0.6 is 0 Å². The summed E-state index contributed by atoms with van der Waals surface area (Å²) in [6.45, 7) is 0. The zero-order chi connectivity index (χ0) is 12.6. The molecule has 0 aliphatic heterocycles. The predicted octanol–water partition coefficient (Wildman–Crippen LogP) is 1.59. The number of rotatable bonds is 1. The Kier molecular flexibility index (Phi) is 2.53. The second-order valence-electron chi connectivity index (χ2n) is 3.40. The minimum Gasteiger partial charge on any atom is -0.246 e. The van der Waals surface area contributed by atoms with Crippen LogP contribution in [-0.2, 0) is 13.2 Å². The van der Waals surface area contributed by atoms with E-state index in [2.05, 4.69) is 5.10 Å². The molecule has 1 aromatic heterocycles. The standard InChI is InChI=1S/C10H8F3N3O/c1-15-9(17)16(7-5-3-2-4-6-7)8(14-15)10(11,12)13/h2-6H,1H3. The van der Waals surface area contributed by atoms with Crippen molar-refractivity contribution < 1.29 is 13.2 Å². The van der Waals surface area contributed by atoms with Gasteiger partial charge < -0.3 is 0 Å². The van der Waals surface area contributed by atoms with E-state index in [-0.39, 0.29) is 5.69 Å². The third-order valence-corrected chi connectivity index (χ3v) is 2.19. The maximum Gasteiger partial charge on any atom is 0.452 e. The lowest BCUT2D eigenvalue weighted by Gasteiger charge is -2.07. The van der Waals surface area contributed by atoms with Gasteiger partial charge in [0, 0.05) is 7.05 Å². The zero-order valence-electron chi connectivity index (χ0n) is 8.77. The Morgan fingerprint density at radius 2 is 1.76 bits per heavy atom. The summed E-state index contributed by atoms with van der Waals surface area (Å²) in [6, 6.07) is 7.58. The largest absolute Gasteiger partial charge is 0.452 e. The summed E-state index contributed by atoms with van der Waals surface area (Å²) in [4.78, 5) is 11.6. The average Bonchev–Trinajstić information content (AvgIpc) is 2.57. The number of halogens is 3. The average molecular weight is 243 g/mol. The van der Waals surface area contributed by atoms with Crippen molar-refractivity contribution in [1.82, 2.24) is 14.3 Å². The minimum atomic E-state index is -4.67. The lowest BCUT2D eigenvalue weighted by atomic mass is 10.3. The van der Waals surface area contributed by atoms with Crippen LogP contribution in [0, 0.1) is 0 Å². The monoisotopic (exact) mass is 243 g/mol. The number of hydrogen-bond donors (Lipinski definition) is 0. The molecule has 0 saturated carbocycles. The van der Waals surface area contributed by atoms with Crippen molar-refractivity contribution in [1.29, 1.82) is 0 Å². The molecule has 1 heterocycles. The molecule has 2 aromatic rings. The number of alkyl halides is 3. The maximum absolute atomic E-state index is 12.7. The van der Waals surface area contributed by atoms with Crippen molar-refractivity contribution in [2.75, 3.05) is 0 Å². The van der Waals surface area contributed by atoms with Crippen molar-refractivity contribution >= 4 is 0 Å². The molecule has 0 spiro atoms. The van der Waals surface area contributed by atoms with Crippen molar-refractivity contribution in [2.45, 2.75) is 6.18 Å². The Hall–Kier alpha value is -2.05. The van der Waals surface area contributed by atoms with Gasteiger partial charge in [0.1, 0.15) is 0 Å². The maximum atomic E-state index is 12.7. The molecule has 0 bridgehead atoms. The molecule has 0 saturated heterocycles. The molecule has 7 heteroatoms. The van der Waals surface area contributed by atoms with Crippen molar-refractivity contribution in [2.24, 2.45) is 7.05 Å². The molecule has 0 amide bonds. The SMILES string of the molecule is Cn1nc(C(F)(F)F)n(-c2ccccc2)c1=O. The molecular weight excluding hydrogens is 235 g/mol. The summed E-state index contributed by atoms with van der Waals surface area (Å²) < 4.78 is 39.3. The Labute approximate surface area is 93.9 Å². The van der Waals surface area contributed by atoms with E-state index in [1.54, 1.807) is 18.2 Å². The van der Waals surface area contributed by atoms with Crippen LogP contribution in [0.4, 0.5) is 13.2 Å². The second-order valence-corrected chi connectivity index (χ2v) is 3.40. The second kappa shape index (κ2) is 3.76. The van der Waals surface area contributed by atoms with Crippen molar-refractivity contribution in [3.63, 3.8) is 0 Å². The van der Waals surface area contributed by atoms with Gasteiger partial charge in [0.05, 0.1) is 5.69 Å². The summed E-state index contributed by atoms with van der Waals surface area (Å²) in [6.07, 6.45) is -4.67. The molecule has 90 valence electrons. The van der Waals surface area contributed by atoms with Crippen molar-refractivity contribution in [3.8, 4) is 5.69 Å². The van der Waals surface area contributed by atoms with E-state index < -0.39 is 17.7 Å². The first-order valence-corrected chi connectivity index (χ1v) is 4.70. The van der Waals surface area contributed by atoms with Gasteiger partial charge >= 0.3 is 11.9 Å². The number of hydrogen-bond acceptors (Lipinski definition) is 2. The van der Waals surface area contributed by atoms with Gasteiger partial charge in [0.2, 0.25) is 5.82 Å². The number of benzene rings is 1. The fourth-order valence-electron chi connectivity index (χ4n) is 1.46. The van der Waals surface area contributed by atoms with Crippen LogP contribution in [0.15, 0.2) is 35.1 Å². The highest BCUT2D eigenvalue weighted by molar-refractivity contribution is 5.32. The normalized spacial score (nSPS) is 11.8. The van der Waals surface area contributed by atoms with Crippen LogP contribution in [0.2, 0.25) is 0 Å². The third kappa shape index (κ3) is 1.95. The highest BCUT2D eigenvalue weighted by Crippen LogP contribution is 2.28. The first kappa shape index (κ1) is 11.4. The first-order chi connectivity index (χ1) is 7.91. The van der Waals surface area contributed by atoms with Crippen molar-refractivity contribution in [3.05, 3.63) is 46.6 Å². The number of nitrogens with zero attached hydrogens (tertiary/aromatic N) is 3. The van der Waals surface area contributed by atoms with Gasteiger partial charge in [-0.1, -0.05) is 18.2 Å². The first-order valence-electron chi connectivity index (χ1n) is 4.70. The van der Waals surface area contributed by atoms with Gasteiger partial charge in [-0.3, -0.25) is 0 Å². The van der Waals surface area contributed by atoms with Gasteiger partial charge in [-0.2, -0.15) is 13.2 Å². The van der Waals surface area contributed by atoms with Gasteiger partial charge in [0.25, 0.3) is 0 Å². The molecule has 4 nitrogen and oxygen atoms in total. The molecule has 17 heavy (non-hydrogen) atoms. The number of aromatic nitrogens is 3. The highest BCUT2D eigenvalue weighted by atomic mass is 19.4. The van der Waals surface area contributed by atoms with E-state index >= 15 is 0 Å². The minimum absolute atomic E-state index is 0.137. The van der Waals surface area contributed by atoms with E-state index in [9.17, 15) is 18.0 Å². The molecule has 0 N–H and O–H groups in total. The molecule has 0 atom stereocenters. The highest BCUT2D eigenvalue weighted by Gasteiger charge is 2.39. The van der Waals surface area contributed by atoms with Gasteiger partial charge in [-0.25, -0.2) is 14.0 Å². The van der Waals surface area contributed by atoms with Crippen LogP contribution in [0.25, 0.3) is 5.69 Å². The summed E-state index contributed by atoms with van der Waals surface area (Å²) in [5.74, 6) is -1.23. The van der Waals surface area contributed by atoms with E-state index in [1.165, 1.54) is 19.2 Å². The van der Waals surface area contributed by atoms with E-state index in [1.807, 2.05) is 0 Å². The summed E-state index contributed by atoms with van der Waals surface area (Å²) in [5.41, 5.74) is -0.693. The lowest BCUT2D eigenvalue weighted by molar-refractivity contribution is -0.146. The molecule has 0 fully saturated rings. The van der Waals surface area contributed by atoms with E-state index in [4.69, 9.17) is 0 Å². The predicted molar refractivity (Wildman–Crippen MR) is 53.8 cm³/mol. The third-order valence-electron chi connectivity index (χ3n) is 2.19. The lowest BCUT2D eigenvalue weighted by Crippen LogP contribution is -2.24. The zero-order valence-corrected chi connectivity index (χ0v) is 8.77.